The van der Waals surface area contributed by atoms with Crippen molar-refractivity contribution < 1.29 is 17.9 Å². The first-order valence-electron chi connectivity index (χ1n) is 8.97. The molecule has 27 heavy (non-hydrogen) atoms. The van der Waals surface area contributed by atoms with Gasteiger partial charge < -0.3 is 10.1 Å². The molecule has 3 rings (SSSR count). The van der Waals surface area contributed by atoms with E-state index in [9.17, 15) is 13.2 Å². The van der Waals surface area contributed by atoms with Crippen LogP contribution in [0.25, 0.3) is 6.08 Å². The zero-order chi connectivity index (χ0) is 19.3. The van der Waals surface area contributed by atoms with Crippen molar-refractivity contribution in [2.75, 3.05) is 12.4 Å². The average molecular weight is 385 g/mol. The Hall–Kier alpha value is -2.60. The molecule has 1 amide bonds. The summed E-state index contributed by atoms with van der Waals surface area (Å²) in [5.41, 5.74) is 1.25. The van der Waals surface area contributed by atoms with Gasteiger partial charge in [-0.1, -0.05) is 37.1 Å². The van der Waals surface area contributed by atoms with Crippen molar-refractivity contribution in [2.24, 2.45) is 0 Å². The van der Waals surface area contributed by atoms with E-state index < -0.39 is 9.84 Å². The maximum Gasteiger partial charge on any atom is 0.248 e. The topological polar surface area (TPSA) is 72.5 Å². The van der Waals surface area contributed by atoms with Crippen LogP contribution in [0.3, 0.4) is 0 Å². The lowest BCUT2D eigenvalue weighted by Crippen LogP contribution is -2.18. The Morgan fingerprint density at radius 3 is 2.59 bits per heavy atom. The van der Waals surface area contributed by atoms with Gasteiger partial charge in [0.1, 0.15) is 5.75 Å². The van der Waals surface area contributed by atoms with Gasteiger partial charge in [0, 0.05) is 17.3 Å². The molecule has 1 aliphatic rings. The number of carbonyl (C=O) groups is 1. The van der Waals surface area contributed by atoms with Crippen LogP contribution in [0.1, 0.15) is 31.2 Å². The van der Waals surface area contributed by atoms with Gasteiger partial charge in [-0.2, -0.15) is 0 Å². The number of nitrogens with one attached hydrogen (secondary N) is 1. The van der Waals surface area contributed by atoms with Crippen LogP contribution in [0, 0.1) is 0 Å². The molecule has 0 bridgehead atoms. The predicted octanol–water partition coefficient (Wildman–Crippen LogP) is 4.06. The van der Waals surface area contributed by atoms with Crippen LogP contribution in [0.15, 0.2) is 59.5 Å². The van der Waals surface area contributed by atoms with Crippen LogP contribution >= 0.6 is 0 Å². The maximum absolute atomic E-state index is 12.7. The first kappa shape index (κ1) is 19.2. The molecule has 0 spiro atoms. The number of anilines is 1. The smallest absolute Gasteiger partial charge is 0.248 e. The van der Waals surface area contributed by atoms with Gasteiger partial charge >= 0.3 is 0 Å². The maximum atomic E-state index is 12.7. The molecule has 1 aliphatic carbocycles. The van der Waals surface area contributed by atoms with Gasteiger partial charge in [0.05, 0.1) is 17.3 Å². The molecule has 0 atom stereocenters. The Morgan fingerprint density at radius 1 is 1.11 bits per heavy atom. The Morgan fingerprint density at radius 2 is 1.85 bits per heavy atom. The lowest BCUT2D eigenvalue weighted by atomic mass is 10.2. The Balaban J connectivity index is 1.72. The standard InChI is InChI=1S/C21H23NO4S/c1-26-20-12-5-2-7-16(20)13-14-21(23)22-17-8-6-11-19(15-17)27(24,25)18-9-3-4-10-18/h2,5-8,11-15,18H,3-4,9-10H2,1H3,(H,22,23)/b14-13+. The van der Waals surface area contributed by atoms with Gasteiger partial charge in [-0.05, 0) is 43.2 Å². The second-order valence-corrected chi connectivity index (χ2v) is 8.77. The minimum Gasteiger partial charge on any atom is -0.496 e. The number of sulfone groups is 1. The highest BCUT2D eigenvalue weighted by molar-refractivity contribution is 7.92. The van der Waals surface area contributed by atoms with Crippen LogP contribution in [0.2, 0.25) is 0 Å². The molecule has 0 unspecified atom stereocenters. The van der Waals surface area contributed by atoms with Crippen molar-refractivity contribution in [3.63, 3.8) is 0 Å². The van der Waals surface area contributed by atoms with E-state index in [-0.39, 0.29) is 16.1 Å². The first-order valence-corrected chi connectivity index (χ1v) is 10.5. The highest BCUT2D eigenvalue weighted by atomic mass is 32.2. The second-order valence-electron chi connectivity index (χ2n) is 6.54. The third-order valence-corrected chi connectivity index (χ3v) is 6.98. The van der Waals surface area contributed by atoms with Crippen LogP contribution in [-0.2, 0) is 14.6 Å². The third-order valence-electron chi connectivity index (χ3n) is 4.72. The van der Waals surface area contributed by atoms with E-state index in [2.05, 4.69) is 5.32 Å². The summed E-state index contributed by atoms with van der Waals surface area (Å²) in [5, 5.41) is 2.41. The largest absolute Gasteiger partial charge is 0.496 e. The first-order chi connectivity index (χ1) is 13.0. The van der Waals surface area contributed by atoms with Crippen molar-refractivity contribution in [3.05, 3.63) is 60.2 Å². The van der Waals surface area contributed by atoms with E-state index in [4.69, 9.17) is 4.74 Å². The van der Waals surface area contributed by atoms with Crippen LogP contribution in [0.4, 0.5) is 5.69 Å². The highest BCUT2D eigenvalue weighted by Gasteiger charge is 2.30. The van der Waals surface area contributed by atoms with Gasteiger partial charge in [-0.25, -0.2) is 8.42 Å². The summed E-state index contributed by atoms with van der Waals surface area (Å²) in [5.74, 6) is 0.336. The summed E-state index contributed by atoms with van der Waals surface area (Å²) >= 11 is 0. The number of hydrogen-bond acceptors (Lipinski definition) is 4. The van der Waals surface area contributed by atoms with Gasteiger partial charge in [0.25, 0.3) is 0 Å². The summed E-state index contributed by atoms with van der Waals surface area (Å²) < 4.78 is 30.7. The molecule has 142 valence electrons. The van der Waals surface area contributed by atoms with E-state index in [1.807, 2.05) is 24.3 Å². The molecule has 0 aromatic heterocycles. The molecule has 1 fully saturated rings. The fourth-order valence-corrected chi connectivity index (χ4v) is 5.19. The molecule has 0 aliphatic heterocycles. The summed E-state index contributed by atoms with van der Waals surface area (Å²) in [6, 6.07) is 13.8. The molecule has 5 nitrogen and oxygen atoms in total. The van der Waals surface area contributed by atoms with Gasteiger partial charge in [0.2, 0.25) is 5.91 Å². The molecular formula is C21H23NO4S. The van der Waals surface area contributed by atoms with Crippen molar-refractivity contribution in [3.8, 4) is 5.75 Å². The summed E-state index contributed by atoms with van der Waals surface area (Å²) in [6.07, 6.45) is 6.38. The molecular weight excluding hydrogens is 362 g/mol. The highest BCUT2D eigenvalue weighted by Crippen LogP contribution is 2.30. The molecule has 2 aromatic rings. The third kappa shape index (κ3) is 4.57. The van der Waals surface area contributed by atoms with Crippen molar-refractivity contribution in [1.29, 1.82) is 0 Å². The van der Waals surface area contributed by atoms with E-state index in [1.165, 1.54) is 12.1 Å². The molecule has 2 aromatic carbocycles. The van der Waals surface area contributed by atoms with Crippen LogP contribution in [0.5, 0.6) is 5.75 Å². The lowest BCUT2D eigenvalue weighted by molar-refractivity contribution is -0.111. The van der Waals surface area contributed by atoms with E-state index in [1.54, 1.807) is 31.4 Å². The number of para-hydroxylation sites is 1. The normalized spacial score (nSPS) is 15.1. The number of amides is 1. The number of rotatable bonds is 6. The van der Waals surface area contributed by atoms with E-state index in [0.717, 1.165) is 18.4 Å². The molecule has 1 N–H and O–H groups in total. The second kappa shape index (κ2) is 8.39. The van der Waals surface area contributed by atoms with Gasteiger partial charge in [0.15, 0.2) is 9.84 Å². The average Bonchev–Trinajstić information content (AvgIpc) is 3.22. The Bertz CT molecular complexity index is 944. The van der Waals surface area contributed by atoms with Crippen LogP contribution in [-0.4, -0.2) is 26.7 Å². The minimum atomic E-state index is -3.35. The quantitative estimate of drug-likeness (QED) is 0.761. The fraction of sp³-hybridized carbons (Fsp3) is 0.286. The number of carbonyl (C=O) groups excluding carboxylic acids is 1. The number of hydrogen-bond donors (Lipinski definition) is 1. The number of ether oxygens (including phenoxy) is 1. The van der Waals surface area contributed by atoms with Crippen molar-refractivity contribution >= 4 is 27.5 Å². The number of methoxy groups -OCH3 is 1. The fourth-order valence-electron chi connectivity index (χ4n) is 3.30. The van der Waals surface area contributed by atoms with Crippen molar-refractivity contribution in [2.45, 2.75) is 35.8 Å². The molecule has 0 heterocycles. The summed E-state index contributed by atoms with van der Waals surface area (Å²) in [7, 11) is -1.77. The number of benzene rings is 2. The molecule has 1 saturated carbocycles. The van der Waals surface area contributed by atoms with Gasteiger partial charge in [-0.15, -0.1) is 0 Å². The van der Waals surface area contributed by atoms with E-state index in [0.29, 0.717) is 24.3 Å². The Kier molecular flexibility index (Phi) is 5.96. The summed E-state index contributed by atoms with van der Waals surface area (Å²) in [6.45, 7) is 0. The zero-order valence-corrected chi connectivity index (χ0v) is 16.0. The van der Waals surface area contributed by atoms with Gasteiger partial charge in [-0.3, -0.25) is 4.79 Å². The Labute approximate surface area is 160 Å². The lowest BCUT2D eigenvalue weighted by Gasteiger charge is -2.12. The minimum absolute atomic E-state index is 0.265. The van der Waals surface area contributed by atoms with Crippen molar-refractivity contribution in [1.82, 2.24) is 0 Å². The molecule has 0 saturated heterocycles. The zero-order valence-electron chi connectivity index (χ0n) is 15.2. The monoisotopic (exact) mass is 385 g/mol. The van der Waals surface area contributed by atoms with Crippen LogP contribution < -0.4 is 10.1 Å². The summed E-state index contributed by atoms with van der Waals surface area (Å²) in [4.78, 5) is 12.5. The molecule has 6 heteroatoms. The SMILES string of the molecule is COc1ccccc1/C=C/C(=O)Nc1cccc(S(=O)(=O)C2CCCC2)c1. The predicted molar refractivity (Wildman–Crippen MR) is 107 cm³/mol. The van der Waals surface area contributed by atoms with E-state index >= 15 is 0 Å². The molecule has 0 radical (unpaired) electrons.